The Labute approximate surface area is 126 Å². The minimum absolute atomic E-state index is 0.0840. The molecule has 0 aliphatic heterocycles. The van der Waals surface area contributed by atoms with Gasteiger partial charge in [-0.25, -0.2) is 4.98 Å². The zero-order chi connectivity index (χ0) is 14.6. The first kappa shape index (κ1) is 12.8. The van der Waals surface area contributed by atoms with Crippen LogP contribution in [0.5, 0.6) is 0 Å². The van der Waals surface area contributed by atoms with E-state index in [1.54, 1.807) is 15.9 Å². The van der Waals surface area contributed by atoms with Gasteiger partial charge in [-0.15, -0.1) is 11.3 Å². The molecule has 2 aromatic heterocycles. The predicted octanol–water partition coefficient (Wildman–Crippen LogP) is 3.55. The number of rotatable bonds is 1. The Balaban J connectivity index is 2.05. The molecule has 3 nitrogen and oxygen atoms in total. The van der Waals surface area contributed by atoms with E-state index in [-0.39, 0.29) is 5.56 Å². The zero-order valence-electron chi connectivity index (χ0n) is 12.1. The summed E-state index contributed by atoms with van der Waals surface area (Å²) in [6.07, 6.45) is 3.28. The molecule has 0 N–H and O–H groups in total. The molecule has 0 bridgehead atoms. The molecule has 1 aliphatic carbocycles. The summed E-state index contributed by atoms with van der Waals surface area (Å²) in [6, 6.07) is 8.04. The number of nitrogens with zero attached hydrogens (tertiary/aromatic N) is 2. The Morgan fingerprint density at radius 3 is 2.67 bits per heavy atom. The Hall–Kier alpha value is -1.94. The number of hydrogen-bond donors (Lipinski definition) is 0. The van der Waals surface area contributed by atoms with Crippen molar-refractivity contribution in [3.63, 3.8) is 0 Å². The lowest BCUT2D eigenvalue weighted by molar-refractivity contribution is 0.889. The normalized spacial score (nSPS) is 13.8. The van der Waals surface area contributed by atoms with Gasteiger partial charge in [-0.05, 0) is 50.8 Å². The summed E-state index contributed by atoms with van der Waals surface area (Å²) < 4.78 is 1.74. The fraction of sp³-hybridized carbons (Fsp3) is 0.294. The molecular formula is C17H16N2OS. The number of aryl methyl sites for hydroxylation is 4. The maximum atomic E-state index is 13.0. The van der Waals surface area contributed by atoms with E-state index in [0.29, 0.717) is 0 Å². The lowest BCUT2D eigenvalue weighted by Crippen LogP contribution is -2.22. The van der Waals surface area contributed by atoms with E-state index in [0.717, 1.165) is 41.0 Å². The Bertz CT molecular complexity index is 903. The van der Waals surface area contributed by atoms with E-state index in [1.807, 2.05) is 38.1 Å². The van der Waals surface area contributed by atoms with Crippen molar-refractivity contribution >= 4 is 21.6 Å². The van der Waals surface area contributed by atoms with Crippen LogP contribution in [-0.2, 0) is 12.8 Å². The molecule has 3 aromatic rings. The van der Waals surface area contributed by atoms with Crippen molar-refractivity contribution in [2.45, 2.75) is 33.1 Å². The van der Waals surface area contributed by atoms with Crippen LogP contribution in [0.3, 0.4) is 0 Å². The van der Waals surface area contributed by atoms with Gasteiger partial charge in [0.25, 0.3) is 5.56 Å². The second kappa shape index (κ2) is 4.53. The van der Waals surface area contributed by atoms with Crippen LogP contribution >= 0.6 is 11.3 Å². The summed E-state index contributed by atoms with van der Waals surface area (Å²) in [4.78, 5) is 19.9. The first-order valence-corrected chi connectivity index (χ1v) is 8.08. The van der Waals surface area contributed by atoms with Crippen molar-refractivity contribution in [1.82, 2.24) is 9.55 Å². The summed E-state index contributed by atoms with van der Waals surface area (Å²) in [7, 11) is 0. The fourth-order valence-electron chi connectivity index (χ4n) is 3.14. The predicted molar refractivity (Wildman–Crippen MR) is 86.7 cm³/mol. The molecule has 2 heterocycles. The first-order valence-electron chi connectivity index (χ1n) is 7.26. The monoisotopic (exact) mass is 296 g/mol. The second-order valence-electron chi connectivity index (χ2n) is 5.67. The molecular weight excluding hydrogens is 280 g/mol. The molecule has 4 rings (SSSR count). The highest BCUT2D eigenvalue weighted by Crippen LogP contribution is 2.34. The summed E-state index contributed by atoms with van der Waals surface area (Å²) in [5.41, 5.74) is 3.42. The SMILES string of the molecule is Cc1ccc(-n2c(C)nc3sc4c(c3c2=O)CCC4)cc1. The lowest BCUT2D eigenvalue weighted by Gasteiger charge is -2.10. The Morgan fingerprint density at radius 1 is 1.14 bits per heavy atom. The van der Waals surface area contributed by atoms with Gasteiger partial charge in [-0.2, -0.15) is 0 Å². The van der Waals surface area contributed by atoms with Crippen LogP contribution in [0.1, 0.15) is 28.2 Å². The van der Waals surface area contributed by atoms with Gasteiger partial charge in [0.2, 0.25) is 0 Å². The largest absolute Gasteiger partial charge is 0.268 e. The highest BCUT2D eigenvalue weighted by atomic mass is 32.1. The number of aromatic nitrogens is 2. The van der Waals surface area contributed by atoms with E-state index >= 15 is 0 Å². The molecule has 0 amide bonds. The molecule has 0 atom stereocenters. The highest BCUT2D eigenvalue weighted by molar-refractivity contribution is 7.18. The third kappa shape index (κ3) is 1.86. The van der Waals surface area contributed by atoms with Crippen LogP contribution in [-0.4, -0.2) is 9.55 Å². The van der Waals surface area contributed by atoms with Crippen molar-refractivity contribution in [2.24, 2.45) is 0 Å². The quantitative estimate of drug-likeness (QED) is 0.688. The molecule has 0 fully saturated rings. The van der Waals surface area contributed by atoms with Gasteiger partial charge >= 0.3 is 0 Å². The Morgan fingerprint density at radius 2 is 1.90 bits per heavy atom. The van der Waals surface area contributed by atoms with Crippen LogP contribution in [0.4, 0.5) is 0 Å². The van der Waals surface area contributed by atoms with E-state index in [2.05, 4.69) is 4.98 Å². The summed E-state index contributed by atoms with van der Waals surface area (Å²) >= 11 is 1.70. The molecule has 0 unspecified atom stereocenters. The summed E-state index contributed by atoms with van der Waals surface area (Å²) in [6.45, 7) is 3.96. The fourth-order valence-corrected chi connectivity index (χ4v) is 4.44. The highest BCUT2D eigenvalue weighted by Gasteiger charge is 2.22. The number of fused-ring (bicyclic) bond motifs is 3. The van der Waals surface area contributed by atoms with Crippen molar-refractivity contribution in [3.8, 4) is 5.69 Å². The van der Waals surface area contributed by atoms with Gasteiger partial charge in [0.15, 0.2) is 0 Å². The number of thiophene rings is 1. The lowest BCUT2D eigenvalue weighted by atomic mass is 10.2. The number of benzene rings is 1. The van der Waals surface area contributed by atoms with Crippen LogP contribution in [0.25, 0.3) is 15.9 Å². The maximum absolute atomic E-state index is 13.0. The van der Waals surface area contributed by atoms with Crippen molar-refractivity contribution < 1.29 is 0 Å². The van der Waals surface area contributed by atoms with Gasteiger partial charge in [0.1, 0.15) is 10.7 Å². The van der Waals surface area contributed by atoms with Gasteiger partial charge in [0, 0.05) is 4.88 Å². The van der Waals surface area contributed by atoms with Crippen LogP contribution < -0.4 is 5.56 Å². The summed E-state index contributed by atoms with van der Waals surface area (Å²) in [5, 5.41) is 0.846. The molecule has 4 heteroatoms. The van der Waals surface area contributed by atoms with Crippen molar-refractivity contribution in [1.29, 1.82) is 0 Å². The van der Waals surface area contributed by atoms with E-state index in [1.165, 1.54) is 16.0 Å². The van der Waals surface area contributed by atoms with Crippen molar-refractivity contribution in [3.05, 3.63) is 56.4 Å². The number of hydrogen-bond acceptors (Lipinski definition) is 3. The van der Waals surface area contributed by atoms with E-state index < -0.39 is 0 Å². The average molecular weight is 296 g/mol. The van der Waals surface area contributed by atoms with Crippen LogP contribution in [0.2, 0.25) is 0 Å². The van der Waals surface area contributed by atoms with E-state index in [9.17, 15) is 4.79 Å². The maximum Gasteiger partial charge on any atom is 0.267 e. The molecule has 1 aliphatic rings. The van der Waals surface area contributed by atoms with Gasteiger partial charge in [-0.1, -0.05) is 17.7 Å². The molecule has 0 radical (unpaired) electrons. The molecule has 0 saturated carbocycles. The van der Waals surface area contributed by atoms with Crippen molar-refractivity contribution in [2.75, 3.05) is 0 Å². The minimum atomic E-state index is 0.0840. The smallest absolute Gasteiger partial charge is 0.267 e. The molecule has 0 spiro atoms. The molecule has 21 heavy (non-hydrogen) atoms. The third-order valence-corrected chi connectivity index (χ3v) is 5.38. The third-order valence-electron chi connectivity index (χ3n) is 4.20. The van der Waals surface area contributed by atoms with Gasteiger partial charge in [-0.3, -0.25) is 9.36 Å². The Kier molecular flexibility index (Phi) is 2.76. The molecule has 106 valence electrons. The molecule has 0 saturated heterocycles. The topological polar surface area (TPSA) is 34.9 Å². The minimum Gasteiger partial charge on any atom is -0.268 e. The van der Waals surface area contributed by atoms with Crippen LogP contribution in [0, 0.1) is 13.8 Å². The first-order chi connectivity index (χ1) is 10.1. The van der Waals surface area contributed by atoms with E-state index in [4.69, 9.17) is 0 Å². The molecule has 1 aromatic carbocycles. The second-order valence-corrected chi connectivity index (χ2v) is 6.76. The van der Waals surface area contributed by atoms with Crippen LogP contribution in [0.15, 0.2) is 29.1 Å². The summed E-state index contributed by atoms with van der Waals surface area (Å²) in [5.74, 6) is 0.760. The van der Waals surface area contributed by atoms with Gasteiger partial charge in [0.05, 0.1) is 11.1 Å². The zero-order valence-corrected chi connectivity index (χ0v) is 13.0. The standard InChI is InChI=1S/C17H16N2OS/c1-10-6-8-12(9-7-10)19-11(2)18-16-15(17(19)20)13-4-3-5-14(13)21-16/h6-9H,3-5H2,1-2H3. The van der Waals surface area contributed by atoms with Gasteiger partial charge < -0.3 is 0 Å². The average Bonchev–Trinajstić information content (AvgIpc) is 3.00.